The predicted octanol–water partition coefficient (Wildman–Crippen LogP) is 3.29. The van der Waals surface area contributed by atoms with Gasteiger partial charge in [0.2, 0.25) is 0 Å². The monoisotopic (exact) mass is 348 g/mol. The zero-order valence-electron chi connectivity index (χ0n) is 13.7. The van der Waals surface area contributed by atoms with Gasteiger partial charge in [-0.2, -0.15) is 0 Å². The van der Waals surface area contributed by atoms with Gasteiger partial charge in [0.25, 0.3) is 0 Å². The summed E-state index contributed by atoms with van der Waals surface area (Å²) in [6, 6.07) is 19.0. The Bertz CT molecular complexity index is 839. The molecular weight excluding hydrogens is 332 g/mol. The second-order valence-electron chi connectivity index (χ2n) is 5.49. The minimum absolute atomic E-state index is 0.333. The van der Waals surface area contributed by atoms with Gasteiger partial charge in [-0.3, -0.25) is 0 Å². The molecule has 0 aromatic heterocycles. The Balaban J connectivity index is 1.62. The average Bonchev–Trinajstić information content (AvgIpc) is 2.64. The minimum atomic E-state index is -0.503. The predicted molar refractivity (Wildman–Crippen MR) is 98.1 cm³/mol. The number of nitrogens with two attached hydrogens (primary N) is 2. The molecule has 6 nitrogen and oxygen atoms in total. The van der Waals surface area contributed by atoms with E-state index in [-0.39, 0.29) is 0 Å². The number of nitrogen functional groups attached to an aromatic ring is 2. The summed E-state index contributed by atoms with van der Waals surface area (Å²) in [5.74, 6) is -0.341. The van der Waals surface area contributed by atoms with Gasteiger partial charge in [0.05, 0.1) is 11.1 Å². The second kappa shape index (κ2) is 7.40. The van der Waals surface area contributed by atoms with Crippen LogP contribution in [0.1, 0.15) is 20.7 Å². The number of esters is 2. The van der Waals surface area contributed by atoms with Gasteiger partial charge in [0.15, 0.2) is 0 Å². The third-order valence-electron chi connectivity index (χ3n) is 3.54. The molecule has 3 rings (SSSR count). The molecule has 26 heavy (non-hydrogen) atoms. The Hall–Kier alpha value is -3.80. The van der Waals surface area contributed by atoms with Crippen molar-refractivity contribution in [3.8, 4) is 11.5 Å². The molecule has 0 heterocycles. The molecule has 130 valence electrons. The molecule has 4 N–H and O–H groups in total. The van der Waals surface area contributed by atoms with Gasteiger partial charge in [-0.05, 0) is 72.8 Å². The molecule has 0 saturated heterocycles. The summed E-state index contributed by atoms with van der Waals surface area (Å²) in [6.45, 7) is 0. The molecule has 0 atom stereocenters. The fourth-order valence-electron chi connectivity index (χ4n) is 2.15. The summed E-state index contributed by atoms with van der Waals surface area (Å²) in [6.07, 6.45) is 0. The first-order valence-corrected chi connectivity index (χ1v) is 7.77. The Morgan fingerprint density at radius 1 is 0.538 bits per heavy atom. The van der Waals surface area contributed by atoms with Crippen LogP contribution < -0.4 is 20.9 Å². The fraction of sp³-hybridized carbons (Fsp3) is 0. The number of benzene rings is 3. The number of anilines is 2. The van der Waals surface area contributed by atoms with Gasteiger partial charge < -0.3 is 20.9 Å². The van der Waals surface area contributed by atoms with E-state index in [2.05, 4.69) is 0 Å². The molecule has 0 aliphatic rings. The Kier molecular flexibility index (Phi) is 4.85. The summed E-state index contributed by atoms with van der Waals surface area (Å²) < 4.78 is 10.5. The largest absolute Gasteiger partial charge is 0.423 e. The Morgan fingerprint density at radius 3 is 1.15 bits per heavy atom. The summed E-state index contributed by atoms with van der Waals surface area (Å²) in [5.41, 5.74) is 13.1. The van der Waals surface area contributed by atoms with Crippen molar-refractivity contribution >= 4 is 23.3 Å². The van der Waals surface area contributed by atoms with E-state index in [9.17, 15) is 9.59 Å². The molecule has 0 aliphatic carbocycles. The van der Waals surface area contributed by atoms with Crippen LogP contribution in [0.3, 0.4) is 0 Å². The molecule has 0 unspecified atom stereocenters. The van der Waals surface area contributed by atoms with Crippen LogP contribution in [-0.2, 0) is 0 Å². The lowest BCUT2D eigenvalue weighted by Gasteiger charge is -2.07. The third-order valence-corrected chi connectivity index (χ3v) is 3.54. The van der Waals surface area contributed by atoms with Crippen molar-refractivity contribution < 1.29 is 19.1 Å². The number of rotatable bonds is 4. The smallest absolute Gasteiger partial charge is 0.343 e. The van der Waals surface area contributed by atoms with Crippen LogP contribution in [0.15, 0.2) is 72.8 Å². The van der Waals surface area contributed by atoms with Gasteiger partial charge >= 0.3 is 11.9 Å². The zero-order chi connectivity index (χ0) is 18.5. The maximum Gasteiger partial charge on any atom is 0.343 e. The van der Waals surface area contributed by atoms with Crippen LogP contribution in [0.2, 0.25) is 0 Å². The maximum atomic E-state index is 12.0. The first-order chi connectivity index (χ1) is 12.5. The van der Waals surface area contributed by atoms with Crippen LogP contribution in [-0.4, -0.2) is 11.9 Å². The van der Waals surface area contributed by atoms with E-state index in [1.54, 1.807) is 72.8 Å². The quantitative estimate of drug-likeness (QED) is 0.426. The molecule has 3 aromatic carbocycles. The normalized spacial score (nSPS) is 10.2. The number of carbonyl (C=O) groups excluding carboxylic acids is 2. The molecule has 0 aliphatic heterocycles. The topological polar surface area (TPSA) is 105 Å². The van der Waals surface area contributed by atoms with Gasteiger partial charge in [-0.1, -0.05) is 0 Å². The summed E-state index contributed by atoms with van der Waals surface area (Å²) in [7, 11) is 0. The summed E-state index contributed by atoms with van der Waals surface area (Å²) in [4.78, 5) is 24.1. The Labute approximate surface area is 150 Å². The molecule has 0 fully saturated rings. The first-order valence-electron chi connectivity index (χ1n) is 7.77. The van der Waals surface area contributed by atoms with Gasteiger partial charge in [-0.15, -0.1) is 0 Å². The lowest BCUT2D eigenvalue weighted by molar-refractivity contribution is 0.0719. The van der Waals surface area contributed by atoms with E-state index in [0.29, 0.717) is 34.0 Å². The van der Waals surface area contributed by atoms with E-state index in [0.717, 1.165) is 0 Å². The highest BCUT2D eigenvalue weighted by molar-refractivity contribution is 5.92. The number of carbonyl (C=O) groups is 2. The van der Waals surface area contributed by atoms with Crippen LogP contribution >= 0.6 is 0 Å². The van der Waals surface area contributed by atoms with E-state index < -0.39 is 11.9 Å². The molecule has 0 bridgehead atoms. The van der Waals surface area contributed by atoms with Crippen molar-refractivity contribution in [3.05, 3.63) is 83.9 Å². The van der Waals surface area contributed by atoms with Gasteiger partial charge in [-0.25, -0.2) is 9.59 Å². The number of hydrogen-bond donors (Lipinski definition) is 2. The van der Waals surface area contributed by atoms with E-state index in [1.807, 2.05) is 0 Å². The van der Waals surface area contributed by atoms with E-state index in [1.165, 1.54) is 0 Å². The highest BCUT2D eigenvalue weighted by atomic mass is 16.5. The third kappa shape index (κ3) is 4.18. The summed E-state index contributed by atoms with van der Waals surface area (Å²) >= 11 is 0. The standard InChI is InChI=1S/C20H16N2O4/c21-15-5-1-13(2-6-15)19(23)25-17-9-11-18(12-10-17)26-20(24)14-3-7-16(22)8-4-14/h1-12H,21-22H2. The lowest BCUT2D eigenvalue weighted by Crippen LogP contribution is -2.09. The van der Waals surface area contributed by atoms with Crippen LogP contribution in [0, 0.1) is 0 Å². The van der Waals surface area contributed by atoms with Crippen LogP contribution in [0.4, 0.5) is 11.4 Å². The first kappa shape index (κ1) is 17.0. The molecule has 0 saturated carbocycles. The van der Waals surface area contributed by atoms with Crippen molar-refractivity contribution in [2.45, 2.75) is 0 Å². The van der Waals surface area contributed by atoms with Gasteiger partial charge in [0.1, 0.15) is 11.5 Å². The number of ether oxygens (including phenoxy) is 2. The maximum absolute atomic E-state index is 12.0. The molecule has 6 heteroatoms. The minimum Gasteiger partial charge on any atom is -0.423 e. The van der Waals surface area contributed by atoms with E-state index in [4.69, 9.17) is 20.9 Å². The molecule has 0 radical (unpaired) electrons. The highest BCUT2D eigenvalue weighted by Gasteiger charge is 2.10. The second-order valence-corrected chi connectivity index (χ2v) is 5.49. The SMILES string of the molecule is Nc1ccc(C(=O)Oc2ccc(OC(=O)c3ccc(N)cc3)cc2)cc1. The van der Waals surface area contributed by atoms with Crippen LogP contribution in [0.5, 0.6) is 11.5 Å². The molecule has 3 aromatic rings. The van der Waals surface area contributed by atoms with Crippen molar-refractivity contribution in [2.24, 2.45) is 0 Å². The molecule has 0 spiro atoms. The summed E-state index contributed by atoms with van der Waals surface area (Å²) in [5, 5.41) is 0. The molecular formula is C20H16N2O4. The highest BCUT2D eigenvalue weighted by Crippen LogP contribution is 2.20. The van der Waals surface area contributed by atoms with E-state index >= 15 is 0 Å². The van der Waals surface area contributed by atoms with Gasteiger partial charge in [0, 0.05) is 11.4 Å². The fourth-order valence-corrected chi connectivity index (χ4v) is 2.15. The van der Waals surface area contributed by atoms with Crippen molar-refractivity contribution in [2.75, 3.05) is 11.5 Å². The average molecular weight is 348 g/mol. The van der Waals surface area contributed by atoms with Crippen molar-refractivity contribution in [1.82, 2.24) is 0 Å². The zero-order valence-corrected chi connectivity index (χ0v) is 13.7. The van der Waals surface area contributed by atoms with Crippen LogP contribution in [0.25, 0.3) is 0 Å². The Morgan fingerprint density at radius 2 is 0.846 bits per heavy atom. The van der Waals surface area contributed by atoms with Crippen molar-refractivity contribution in [1.29, 1.82) is 0 Å². The molecule has 0 amide bonds. The number of hydrogen-bond acceptors (Lipinski definition) is 6. The van der Waals surface area contributed by atoms with Crippen molar-refractivity contribution in [3.63, 3.8) is 0 Å². The lowest BCUT2D eigenvalue weighted by atomic mass is 10.2.